The van der Waals surface area contributed by atoms with Crippen LogP contribution in [0.1, 0.15) is 35.8 Å². The van der Waals surface area contributed by atoms with E-state index in [1.54, 1.807) is 30.5 Å². The third-order valence-electron chi connectivity index (χ3n) is 2.68. The van der Waals surface area contributed by atoms with Gasteiger partial charge >= 0.3 is 0 Å². The molecule has 0 saturated heterocycles. The monoisotopic (exact) mass is 256 g/mol. The molecule has 0 fully saturated rings. The van der Waals surface area contributed by atoms with Crippen molar-refractivity contribution in [2.24, 2.45) is 0 Å². The van der Waals surface area contributed by atoms with E-state index in [4.69, 9.17) is 4.74 Å². The zero-order valence-electron chi connectivity index (χ0n) is 10.9. The zero-order chi connectivity index (χ0) is 13.5. The van der Waals surface area contributed by atoms with E-state index < -0.39 is 0 Å². The largest absolute Gasteiger partial charge is 0.494 e. The van der Waals surface area contributed by atoms with Crippen LogP contribution < -0.4 is 4.74 Å². The summed E-state index contributed by atoms with van der Waals surface area (Å²) in [5.74, 6) is 0.650. The fourth-order valence-corrected chi connectivity index (χ4v) is 1.60. The maximum atomic E-state index is 12.1. The molecule has 0 aliphatic rings. The van der Waals surface area contributed by atoms with Crippen LogP contribution in [0.5, 0.6) is 5.75 Å². The second kappa shape index (κ2) is 6.64. The number of carbonyl (C=O) groups excluding carboxylic acids is 1. The maximum absolute atomic E-state index is 12.1. The summed E-state index contributed by atoms with van der Waals surface area (Å²) < 4.78 is 5.55. The lowest BCUT2D eigenvalue weighted by atomic mass is 10.1. The summed E-state index contributed by atoms with van der Waals surface area (Å²) in [6.07, 6.45) is 6.65. The van der Waals surface area contributed by atoms with Crippen LogP contribution in [0, 0.1) is 0 Å². The molecule has 19 heavy (non-hydrogen) atoms. The average Bonchev–Trinajstić information content (AvgIpc) is 2.48. The van der Waals surface area contributed by atoms with Gasteiger partial charge in [0.15, 0.2) is 0 Å². The van der Waals surface area contributed by atoms with Gasteiger partial charge < -0.3 is 4.74 Å². The molecule has 4 nitrogen and oxygen atoms in total. The second-order valence-electron chi connectivity index (χ2n) is 4.15. The highest BCUT2D eigenvalue weighted by Gasteiger charge is 2.10. The number of hydrogen-bond donors (Lipinski definition) is 0. The first-order valence-corrected chi connectivity index (χ1v) is 6.35. The first kappa shape index (κ1) is 13.2. The minimum Gasteiger partial charge on any atom is -0.494 e. The lowest BCUT2D eigenvalue weighted by molar-refractivity contribution is 0.103. The van der Waals surface area contributed by atoms with Crippen LogP contribution in [-0.4, -0.2) is 22.4 Å². The SMILES string of the molecule is CCCCOc1ccc(C(=O)c2cnccn2)cc1. The van der Waals surface area contributed by atoms with Crippen LogP contribution in [0.2, 0.25) is 0 Å². The number of ether oxygens (including phenoxy) is 1. The standard InChI is InChI=1S/C15H16N2O2/c1-2-3-10-19-13-6-4-12(5-7-13)15(18)14-11-16-8-9-17-14/h4-9,11H,2-3,10H2,1H3. The molecule has 98 valence electrons. The molecule has 0 amide bonds. The molecule has 1 aromatic carbocycles. The number of nitrogens with zero attached hydrogens (tertiary/aromatic N) is 2. The second-order valence-corrected chi connectivity index (χ2v) is 4.15. The van der Waals surface area contributed by atoms with E-state index in [1.165, 1.54) is 12.4 Å². The Morgan fingerprint density at radius 2 is 2.00 bits per heavy atom. The minimum atomic E-state index is -0.131. The molecule has 0 spiro atoms. The molecule has 0 atom stereocenters. The van der Waals surface area contributed by atoms with Crippen molar-refractivity contribution < 1.29 is 9.53 Å². The third kappa shape index (κ3) is 3.61. The summed E-state index contributed by atoms with van der Waals surface area (Å²) in [4.78, 5) is 20.0. The Kier molecular flexibility index (Phi) is 4.61. The number of carbonyl (C=O) groups is 1. The Bertz CT molecular complexity index is 524. The van der Waals surface area contributed by atoms with Crippen LogP contribution in [0.25, 0.3) is 0 Å². The van der Waals surface area contributed by atoms with Crippen molar-refractivity contribution >= 4 is 5.78 Å². The summed E-state index contributed by atoms with van der Waals surface area (Å²) >= 11 is 0. The van der Waals surface area contributed by atoms with Gasteiger partial charge in [-0.15, -0.1) is 0 Å². The van der Waals surface area contributed by atoms with E-state index >= 15 is 0 Å². The van der Waals surface area contributed by atoms with Gasteiger partial charge in [0.05, 0.1) is 12.8 Å². The van der Waals surface area contributed by atoms with Gasteiger partial charge in [-0.1, -0.05) is 13.3 Å². The predicted octanol–water partition coefficient (Wildman–Crippen LogP) is 2.89. The van der Waals surface area contributed by atoms with E-state index in [0.29, 0.717) is 17.9 Å². The van der Waals surface area contributed by atoms with Gasteiger partial charge in [0, 0.05) is 18.0 Å². The van der Waals surface area contributed by atoms with Gasteiger partial charge in [-0.05, 0) is 30.7 Å². The van der Waals surface area contributed by atoms with E-state index in [9.17, 15) is 4.79 Å². The molecular weight excluding hydrogens is 240 g/mol. The Hall–Kier alpha value is -2.23. The summed E-state index contributed by atoms with van der Waals surface area (Å²) in [5.41, 5.74) is 0.936. The molecule has 0 radical (unpaired) electrons. The Labute approximate surface area is 112 Å². The minimum absolute atomic E-state index is 0.131. The number of ketones is 1. The first-order valence-electron chi connectivity index (χ1n) is 6.35. The van der Waals surface area contributed by atoms with Crippen molar-refractivity contribution in [3.05, 3.63) is 54.1 Å². The molecule has 4 heteroatoms. The fraction of sp³-hybridized carbons (Fsp3) is 0.267. The summed E-state index contributed by atoms with van der Waals surface area (Å²) in [6, 6.07) is 7.11. The summed E-state index contributed by atoms with van der Waals surface area (Å²) in [5, 5.41) is 0. The van der Waals surface area contributed by atoms with Gasteiger partial charge in [0.25, 0.3) is 0 Å². The van der Waals surface area contributed by atoms with Gasteiger partial charge in [-0.25, -0.2) is 4.98 Å². The smallest absolute Gasteiger partial charge is 0.212 e. The molecule has 0 N–H and O–H groups in total. The third-order valence-corrected chi connectivity index (χ3v) is 2.68. The Balaban J connectivity index is 2.04. The van der Waals surface area contributed by atoms with E-state index in [0.717, 1.165) is 18.6 Å². The number of benzene rings is 1. The molecule has 2 aromatic rings. The quantitative estimate of drug-likeness (QED) is 0.589. The van der Waals surface area contributed by atoms with Crippen molar-refractivity contribution in [2.45, 2.75) is 19.8 Å². The lowest BCUT2D eigenvalue weighted by Gasteiger charge is -2.06. The van der Waals surface area contributed by atoms with Gasteiger partial charge in [0.2, 0.25) is 5.78 Å². The van der Waals surface area contributed by atoms with Crippen molar-refractivity contribution in [2.75, 3.05) is 6.61 Å². The van der Waals surface area contributed by atoms with Crippen LogP contribution in [0.4, 0.5) is 0 Å². The Morgan fingerprint density at radius 3 is 2.63 bits per heavy atom. The van der Waals surface area contributed by atoms with E-state index in [2.05, 4.69) is 16.9 Å². The highest BCUT2D eigenvalue weighted by Crippen LogP contribution is 2.14. The van der Waals surface area contributed by atoms with Crippen molar-refractivity contribution in [1.82, 2.24) is 9.97 Å². The highest BCUT2D eigenvalue weighted by molar-refractivity contribution is 6.07. The number of unbranched alkanes of at least 4 members (excludes halogenated alkanes) is 1. The Morgan fingerprint density at radius 1 is 1.21 bits per heavy atom. The topological polar surface area (TPSA) is 52.1 Å². The zero-order valence-corrected chi connectivity index (χ0v) is 10.9. The maximum Gasteiger partial charge on any atom is 0.212 e. The molecule has 1 heterocycles. The molecule has 0 unspecified atom stereocenters. The molecular formula is C15H16N2O2. The van der Waals surface area contributed by atoms with Gasteiger partial charge in [0.1, 0.15) is 11.4 Å². The van der Waals surface area contributed by atoms with Crippen molar-refractivity contribution in [3.63, 3.8) is 0 Å². The van der Waals surface area contributed by atoms with Gasteiger partial charge in [-0.3, -0.25) is 9.78 Å². The van der Waals surface area contributed by atoms with Crippen LogP contribution >= 0.6 is 0 Å². The number of aromatic nitrogens is 2. The predicted molar refractivity (Wildman–Crippen MR) is 72.3 cm³/mol. The molecule has 1 aromatic heterocycles. The van der Waals surface area contributed by atoms with E-state index in [-0.39, 0.29) is 5.78 Å². The van der Waals surface area contributed by atoms with Crippen molar-refractivity contribution in [1.29, 1.82) is 0 Å². The van der Waals surface area contributed by atoms with Crippen LogP contribution in [-0.2, 0) is 0 Å². The number of hydrogen-bond acceptors (Lipinski definition) is 4. The van der Waals surface area contributed by atoms with E-state index in [1.807, 2.05) is 0 Å². The first-order chi connectivity index (χ1) is 9.31. The van der Waals surface area contributed by atoms with Crippen molar-refractivity contribution in [3.8, 4) is 5.75 Å². The molecule has 0 saturated carbocycles. The van der Waals surface area contributed by atoms with Crippen LogP contribution in [0.15, 0.2) is 42.9 Å². The normalized spacial score (nSPS) is 10.2. The average molecular weight is 256 g/mol. The lowest BCUT2D eigenvalue weighted by Crippen LogP contribution is -2.04. The van der Waals surface area contributed by atoms with Gasteiger partial charge in [-0.2, -0.15) is 0 Å². The van der Waals surface area contributed by atoms with Crippen LogP contribution in [0.3, 0.4) is 0 Å². The summed E-state index contributed by atoms with van der Waals surface area (Å²) in [7, 11) is 0. The molecule has 0 bridgehead atoms. The summed E-state index contributed by atoms with van der Waals surface area (Å²) in [6.45, 7) is 2.82. The molecule has 2 rings (SSSR count). The fourth-order valence-electron chi connectivity index (χ4n) is 1.60. The molecule has 0 aliphatic heterocycles. The highest BCUT2D eigenvalue weighted by atomic mass is 16.5. The number of rotatable bonds is 6. The molecule has 0 aliphatic carbocycles.